The standard InChI is InChI=1S/C17H21NO2S/c1-19-9-10-20-14-5-2-4-13(12-14)18-16-6-3-7-17-15(16)8-11-21-17/h2,4-5,8,11-12,16,18H,3,6-7,9-10H2,1H3. The molecule has 21 heavy (non-hydrogen) atoms. The predicted molar refractivity (Wildman–Crippen MR) is 87.4 cm³/mol. The van der Waals surface area contributed by atoms with E-state index in [1.54, 1.807) is 7.11 Å². The fourth-order valence-corrected chi connectivity index (χ4v) is 3.74. The van der Waals surface area contributed by atoms with Gasteiger partial charge >= 0.3 is 0 Å². The third kappa shape index (κ3) is 3.57. The highest BCUT2D eigenvalue weighted by Crippen LogP contribution is 2.35. The molecule has 1 aliphatic rings. The molecule has 1 N–H and O–H groups in total. The number of ether oxygens (including phenoxy) is 2. The summed E-state index contributed by atoms with van der Waals surface area (Å²) in [5.74, 6) is 0.887. The zero-order valence-electron chi connectivity index (χ0n) is 12.3. The highest BCUT2D eigenvalue weighted by atomic mass is 32.1. The van der Waals surface area contributed by atoms with Gasteiger partial charge in [-0.25, -0.2) is 0 Å². The zero-order chi connectivity index (χ0) is 14.5. The first-order chi connectivity index (χ1) is 10.4. The Balaban J connectivity index is 1.67. The van der Waals surface area contributed by atoms with Gasteiger partial charge in [-0.05, 0) is 48.4 Å². The largest absolute Gasteiger partial charge is 0.491 e. The van der Waals surface area contributed by atoms with E-state index < -0.39 is 0 Å². The summed E-state index contributed by atoms with van der Waals surface area (Å²) in [6, 6.07) is 10.9. The van der Waals surface area contributed by atoms with E-state index in [9.17, 15) is 0 Å². The van der Waals surface area contributed by atoms with E-state index in [1.807, 2.05) is 23.5 Å². The molecule has 0 amide bonds. The first-order valence-corrected chi connectivity index (χ1v) is 8.29. The number of rotatable bonds is 6. The molecule has 4 heteroatoms. The summed E-state index contributed by atoms with van der Waals surface area (Å²) in [6.45, 7) is 1.19. The van der Waals surface area contributed by atoms with Gasteiger partial charge in [-0.1, -0.05) is 6.07 Å². The van der Waals surface area contributed by atoms with E-state index in [2.05, 4.69) is 28.9 Å². The molecule has 112 valence electrons. The molecule has 1 heterocycles. The number of hydrogen-bond donors (Lipinski definition) is 1. The summed E-state index contributed by atoms with van der Waals surface area (Å²) in [6.07, 6.45) is 3.68. The van der Waals surface area contributed by atoms with E-state index in [0.717, 1.165) is 11.4 Å². The van der Waals surface area contributed by atoms with Crippen LogP contribution in [0.3, 0.4) is 0 Å². The van der Waals surface area contributed by atoms with Crippen molar-refractivity contribution in [1.82, 2.24) is 0 Å². The van der Waals surface area contributed by atoms with Gasteiger partial charge in [0.25, 0.3) is 0 Å². The van der Waals surface area contributed by atoms with E-state index in [-0.39, 0.29) is 0 Å². The number of anilines is 1. The molecule has 1 aliphatic carbocycles. The van der Waals surface area contributed by atoms with E-state index in [1.165, 1.54) is 29.7 Å². The lowest BCUT2D eigenvalue weighted by Gasteiger charge is -2.25. The molecule has 0 aliphatic heterocycles. The quantitative estimate of drug-likeness (QED) is 0.809. The monoisotopic (exact) mass is 303 g/mol. The second kappa shape index (κ2) is 6.96. The summed E-state index contributed by atoms with van der Waals surface area (Å²) in [4.78, 5) is 1.53. The molecular weight excluding hydrogens is 282 g/mol. The average Bonchev–Trinajstić information content (AvgIpc) is 2.98. The van der Waals surface area contributed by atoms with Crippen molar-refractivity contribution in [2.24, 2.45) is 0 Å². The molecule has 2 aromatic rings. The van der Waals surface area contributed by atoms with E-state index >= 15 is 0 Å². The molecule has 0 spiro atoms. The van der Waals surface area contributed by atoms with Gasteiger partial charge in [0, 0.05) is 23.7 Å². The van der Waals surface area contributed by atoms with Gasteiger partial charge in [0.05, 0.1) is 12.6 Å². The molecule has 1 aromatic carbocycles. The summed E-state index contributed by atoms with van der Waals surface area (Å²) in [5.41, 5.74) is 2.59. The molecule has 0 fully saturated rings. The van der Waals surface area contributed by atoms with Gasteiger partial charge in [-0.3, -0.25) is 0 Å². The van der Waals surface area contributed by atoms with Crippen molar-refractivity contribution >= 4 is 17.0 Å². The molecule has 1 atom stereocenters. The average molecular weight is 303 g/mol. The highest BCUT2D eigenvalue weighted by molar-refractivity contribution is 7.10. The van der Waals surface area contributed by atoms with Crippen LogP contribution in [0, 0.1) is 0 Å². The maximum atomic E-state index is 5.67. The predicted octanol–water partition coefficient (Wildman–Crippen LogP) is 4.26. The fraction of sp³-hybridized carbons (Fsp3) is 0.412. The van der Waals surface area contributed by atoms with Crippen molar-refractivity contribution in [3.05, 3.63) is 46.2 Å². The summed E-state index contributed by atoms with van der Waals surface area (Å²) < 4.78 is 10.7. The summed E-state index contributed by atoms with van der Waals surface area (Å²) in [5, 5.41) is 5.85. The number of fused-ring (bicyclic) bond motifs is 1. The number of thiophene rings is 1. The summed E-state index contributed by atoms with van der Waals surface area (Å²) >= 11 is 1.88. The van der Waals surface area contributed by atoms with Crippen LogP contribution in [0.5, 0.6) is 5.75 Å². The first kappa shape index (κ1) is 14.4. The number of nitrogens with one attached hydrogen (secondary N) is 1. The van der Waals surface area contributed by atoms with Gasteiger partial charge < -0.3 is 14.8 Å². The van der Waals surface area contributed by atoms with Crippen LogP contribution in [0.15, 0.2) is 35.7 Å². The first-order valence-electron chi connectivity index (χ1n) is 7.41. The second-order valence-corrected chi connectivity index (χ2v) is 6.26. The molecule has 3 rings (SSSR count). The number of benzene rings is 1. The van der Waals surface area contributed by atoms with Crippen molar-refractivity contribution in [2.45, 2.75) is 25.3 Å². The fourth-order valence-electron chi connectivity index (χ4n) is 2.76. The molecule has 0 saturated heterocycles. The lowest BCUT2D eigenvalue weighted by Crippen LogP contribution is -2.15. The smallest absolute Gasteiger partial charge is 0.121 e. The van der Waals surface area contributed by atoms with Gasteiger partial charge in [0.15, 0.2) is 0 Å². The second-order valence-electron chi connectivity index (χ2n) is 5.26. The number of aryl methyl sites for hydroxylation is 1. The topological polar surface area (TPSA) is 30.5 Å². The molecule has 1 aromatic heterocycles. The third-order valence-corrected chi connectivity index (χ3v) is 4.78. The van der Waals surface area contributed by atoms with Crippen LogP contribution in [0.4, 0.5) is 5.69 Å². The van der Waals surface area contributed by atoms with Crippen LogP contribution in [0.25, 0.3) is 0 Å². The Kier molecular flexibility index (Phi) is 4.78. The van der Waals surface area contributed by atoms with Gasteiger partial charge in [0.2, 0.25) is 0 Å². The third-order valence-electron chi connectivity index (χ3n) is 3.78. The number of hydrogen-bond acceptors (Lipinski definition) is 4. The van der Waals surface area contributed by atoms with Crippen LogP contribution in [0.1, 0.15) is 29.3 Å². The van der Waals surface area contributed by atoms with Crippen LogP contribution >= 0.6 is 11.3 Å². The maximum absolute atomic E-state index is 5.67. The molecule has 1 unspecified atom stereocenters. The Bertz CT molecular complexity index is 582. The Morgan fingerprint density at radius 3 is 3.14 bits per heavy atom. The lowest BCUT2D eigenvalue weighted by atomic mass is 9.94. The minimum atomic E-state index is 0.425. The van der Waals surface area contributed by atoms with Crippen molar-refractivity contribution < 1.29 is 9.47 Å². The van der Waals surface area contributed by atoms with Crippen molar-refractivity contribution in [1.29, 1.82) is 0 Å². The minimum absolute atomic E-state index is 0.425. The van der Waals surface area contributed by atoms with Crippen molar-refractivity contribution in [3.63, 3.8) is 0 Å². The van der Waals surface area contributed by atoms with Crippen LogP contribution in [-0.2, 0) is 11.2 Å². The van der Waals surface area contributed by atoms with Crippen LogP contribution < -0.4 is 10.1 Å². The number of methoxy groups -OCH3 is 1. The van der Waals surface area contributed by atoms with Crippen LogP contribution in [0.2, 0.25) is 0 Å². The Hall–Kier alpha value is -1.52. The van der Waals surface area contributed by atoms with E-state index in [4.69, 9.17) is 9.47 Å². The highest BCUT2D eigenvalue weighted by Gasteiger charge is 2.20. The van der Waals surface area contributed by atoms with Crippen molar-refractivity contribution in [2.75, 3.05) is 25.6 Å². The van der Waals surface area contributed by atoms with Crippen molar-refractivity contribution in [3.8, 4) is 5.75 Å². The molecule has 0 bridgehead atoms. The Morgan fingerprint density at radius 2 is 2.24 bits per heavy atom. The van der Waals surface area contributed by atoms with Gasteiger partial charge in [-0.15, -0.1) is 11.3 Å². The molecule has 0 saturated carbocycles. The van der Waals surface area contributed by atoms with Crippen LogP contribution in [-0.4, -0.2) is 20.3 Å². The SMILES string of the molecule is COCCOc1cccc(NC2CCCc3sccc32)c1. The van der Waals surface area contributed by atoms with Gasteiger partial charge in [0.1, 0.15) is 12.4 Å². The lowest BCUT2D eigenvalue weighted by molar-refractivity contribution is 0.146. The summed E-state index contributed by atoms with van der Waals surface area (Å²) in [7, 11) is 1.68. The normalized spacial score (nSPS) is 17.3. The zero-order valence-corrected chi connectivity index (χ0v) is 13.1. The Morgan fingerprint density at radius 1 is 1.29 bits per heavy atom. The van der Waals surface area contributed by atoms with Gasteiger partial charge in [-0.2, -0.15) is 0 Å². The molecule has 3 nitrogen and oxygen atoms in total. The Labute approximate surface area is 129 Å². The van der Waals surface area contributed by atoms with E-state index in [0.29, 0.717) is 19.3 Å². The maximum Gasteiger partial charge on any atom is 0.121 e. The molecular formula is C17H21NO2S. The molecule has 0 radical (unpaired) electrons. The minimum Gasteiger partial charge on any atom is -0.491 e.